The van der Waals surface area contributed by atoms with Crippen LogP contribution in [0.2, 0.25) is 5.02 Å². The first-order chi connectivity index (χ1) is 10.2. The van der Waals surface area contributed by atoms with Gasteiger partial charge in [0, 0.05) is 23.8 Å². The van der Waals surface area contributed by atoms with Crippen LogP contribution in [0.3, 0.4) is 0 Å². The summed E-state index contributed by atoms with van der Waals surface area (Å²) in [7, 11) is 0. The molecule has 5 nitrogen and oxygen atoms in total. The third kappa shape index (κ3) is 6.95. The van der Waals surface area contributed by atoms with E-state index in [0.29, 0.717) is 23.2 Å². The quantitative estimate of drug-likeness (QED) is 0.577. The number of ether oxygens (including phenoxy) is 1. The van der Waals surface area contributed by atoms with Gasteiger partial charge in [0.05, 0.1) is 0 Å². The van der Waals surface area contributed by atoms with Crippen LogP contribution in [0.4, 0.5) is 10.5 Å². The molecule has 22 heavy (non-hydrogen) atoms. The SMILES string of the molecule is Cc1c(Cl)cccc1NC(=S)NCCNC(=O)OC(C)(C)C. The van der Waals surface area contributed by atoms with Crippen LogP contribution >= 0.6 is 23.8 Å². The lowest BCUT2D eigenvalue weighted by atomic mass is 10.2. The fourth-order valence-electron chi connectivity index (χ4n) is 1.56. The molecule has 0 fully saturated rings. The van der Waals surface area contributed by atoms with E-state index in [2.05, 4.69) is 16.0 Å². The van der Waals surface area contributed by atoms with Crippen molar-refractivity contribution in [3.63, 3.8) is 0 Å². The summed E-state index contributed by atoms with van der Waals surface area (Å²) in [5.74, 6) is 0. The van der Waals surface area contributed by atoms with Crippen molar-refractivity contribution in [2.24, 2.45) is 0 Å². The van der Waals surface area contributed by atoms with Crippen LogP contribution in [0, 0.1) is 6.92 Å². The second-order valence-electron chi connectivity index (χ2n) is 5.72. The summed E-state index contributed by atoms with van der Waals surface area (Å²) < 4.78 is 5.13. The third-order valence-corrected chi connectivity index (χ3v) is 3.25. The molecule has 1 amide bonds. The van der Waals surface area contributed by atoms with Crippen LogP contribution < -0.4 is 16.0 Å². The molecule has 0 unspecified atom stereocenters. The molecule has 0 aliphatic rings. The van der Waals surface area contributed by atoms with Gasteiger partial charge in [-0.1, -0.05) is 17.7 Å². The summed E-state index contributed by atoms with van der Waals surface area (Å²) >= 11 is 11.2. The van der Waals surface area contributed by atoms with Gasteiger partial charge in [0.25, 0.3) is 0 Å². The van der Waals surface area contributed by atoms with Crippen LogP contribution in [0.25, 0.3) is 0 Å². The molecule has 0 atom stereocenters. The minimum absolute atomic E-state index is 0.408. The molecular weight excluding hydrogens is 322 g/mol. The Morgan fingerprint density at radius 3 is 2.55 bits per heavy atom. The lowest BCUT2D eigenvalue weighted by molar-refractivity contribution is 0.0529. The van der Waals surface area contributed by atoms with Gasteiger partial charge in [0.1, 0.15) is 5.60 Å². The van der Waals surface area contributed by atoms with Crippen molar-refractivity contribution in [3.05, 3.63) is 28.8 Å². The van der Waals surface area contributed by atoms with Crippen molar-refractivity contribution in [2.45, 2.75) is 33.3 Å². The largest absolute Gasteiger partial charge is 0.444 e. The molecule has 1 aromatic carbocycles. The highest BCUT2D eigenvalue weighted by molar-refractivity contribution is 7.80. The minimum atomic E-state index is -0.502. The van der Waals surface area contributed by atoms with E-state index in [1.807, 2.05) is 45.9 Å². The Balaban J connectivity index is 2.30. The van der Waals surface area contributed by atoms with E-state index in [4.69, 9.17) is 28.6 Å². The molecule has 1 aromatic rings. The predicted octanol–water partition coefficient (Wildman–Crippen LogP) is 3.46. The number of carbonyl (C=O) groups is 1. The number of alkyl carbamates (subject to hydrolysis) is 1. The Labute approximate surface area is 141 Å². The lowest BCUT2D eigenvalue weighted by Crippen LogP contribution is -2.39. The number of thiocarbonyl (C=S) groups is 1. The van der Waals surface area contributed by atoms with Crippen LogP contribution in [0.5, 0.6) is 0 Å². The standard InChI is InChI=1S/C15H22ClN3O2S/c1-10-11(16)6-5-7-12(10)19-13(22)17-8-9-18-14(20)21-15(2,3)4/h5-7H,8-9H2,1-4H3,(H,18,20)(H2,17,19,22). The Morgan fingerprint density at radius 1 is 1.27 bits per heavy atom. The van der Waals surface area contributed by atoms with Gasteiger partial charge in [-0.05, 0) is 57.6 Å². The highest BCUT2D eigenvalue weighted by Gasteiger charge is 2.15. The van der Waals surface area contributed by atoms with E-state index in [1.165, 1.54) is 0 Å². The number of nitrogens with one attached hydrogen (secondary N) is 3. The summed E-state index contributed by atoms with van der Waals surface area (Å²) in [6.45, 7) is 8.26. The normalized spacial score (nSPS) is 10.8. The molecule has 0 aromatic heterocycles. The number of rotatable bonds is 4. The van der Waals surface area contributed by atoms with Gasteiger partial charge in [-0.15, -0.1) is 0 Å². The van der Waals surface area contributed by atoms with Crippen molar-refractivity contribution in [2.75, 3.05) is 18.4 Å². The highest BCUT2D eigenvalue weighted by atomic mass is 35.5. The van der Waals surface area contributed by atoms with Crippen molar-refractivity contribution in [3.8, 4) is 0 Å². The van der Waals surface area contributed by atoms with Crippen molar-refractivity contribution in [1.29, 1.82) is 0 Å². The number of halogens is 1. The Morgan fingerprint density at radius 2 is 1.91 bits per heavy atom. The van der Waals surface area contributed by atoms with Gasteiger partial charge in [-0.2, -0.15) is 0 Å². The highest BCUT2D eigenvalue weighted by Crippen LogP contribution is 2.22. The number of hydrogen-bond donors (Lipinski definition) is 3. The van der Waals surface area contributed by atoms with E-state index in [1.54, 1.807) is 0 Å². The summed E-state index contributed by atoms with van der Waals surface area (Å²) in [6.07, 6.45) is -0.445. The fraction of sp³-hybridized carbons (Fsp3) is 0.467. The molecule has 0 heterocycles. The van der Waals surface area contributed by atoms with Gasteiger partial charge in [-0.25, -0.2) is 4.79 Å². The predicted molar refractivity (Wildman–Crippen MR) is 94.6 cm³/mol. The molecule has 0 saturated carbocycles. The molecule has 7 heteroatoms. The average Bonchev–Trinajstić information content (AvgIpc) is 2.38. The average molecular weight is 344 g/mol. The zero-order chi connectivity index (χ0) is 16.8. The first-order valence-corrected chi connectivity index (χ1v) is 7.74. The van der Waals surface area contributed by atoms with E-state index >= 15 is 0 Å². The zero-order valence-electron chi connectivity index (χ0n) is 13.2. The first kappa shape index (κ1) is 18.5. The fourth-order valence-corrected chi connectivity index (χ4v) is 1.95. The molecule has 0 spiro atoms. The van der Waals surface area contributed by atoms with E-state index < -0.39 is 11.7 Å². The van der Waals surface area contributed by atoms with E-state index in [9.17, 15) is 4.79 Å². The summed E-state index contributed by atoms with van der Waals surface area (Å²) in [4.78, 5) is 11.5. The van der Waals surface area contributed by atoms with Gasteiger partial charge < -0.3 is 20.7 Å². The lowest BCUT2D eigenvalue weighted by Gasteiger charge is -2.20. The van der Waals surface area contributed by atoms with Crippen LogP contribution in [0.15, 0.2) is 18.2 Å². The second-order valence-corrected chi connectivity index (χ2v) is 6.54. The molecule has 0 saturated heterocycles. The Kier molecular flexibility index (Phi) is 6.90. The van der Waals surface area contributed by atoms with Crippen molar-refractivity contribution < 1.29 is 9.53 Å². The summed E-state index contributed by atoms with van der Waals surface area (Å²) in [6, 6.07) is 5.57. The third-order valence-electron chi connectivity index (χ3n) is 2.59. The number of carbonyl (C=O) groups excluding carboxylic acids is 1. The van der Waals surface area contributed by atoms with Crippen molar-refractivity contribution in [1.82, 2.24) is 10.6 Å². The van der Waals surface area contributed by atoms with Crippen LogP contribution in [0.1, 0.15) is 26.3 Å². The summed E-state index contributed by atoms with van der Waals surface area (Å²) in [5, 5.41) is 9.87. The smallest absolute Gasteiger partial charge is 0.407 e. The molecule has 0 aliphatic heterocycles. The van der Waals surface area contributed by atoms with Gasteiger partial charge in [0.2, 0.25) is 0 Å². The summed E-state index contributed by atoms with van der Waals surface area (Å²) in [5.41, 5.74) is 1.28. The van der Waals surface area contributed by atoms with Gasteiger partial charge >= 0.3 is 6.09 Å². The molecule has 1 rings (SSSR count). The molecule has 0 radical (unpaired) electrons. The van der Waals surface area contributed by atoms with Gasteiger partial charge in [0.15, 0.2) is 5.11 Å². The molecule has 3 N–H and O–H groups in total. The number of hydrogen-bond acceptors (Lipinski definition) is 3. The number of amides is 1. The van der Waals surface area contributed by atoms with Crippen LogP contribution in [-0.4, -0.2) is 29.9 Å². The van der Waals surface area contributed by atoms with E-state index in [0.717, 1.165) is 11.3 Å². The maximum absolute atomic E-state index is 11.5. The van der Waals surface area contributed by atoms with E-state index in [-0.39, 0.29) is 0 Å². The minimum Gasteiger partial charge on any atom is -0.444 e. The number of anilines is 1. The Bertz CT molecular complexity index is 544. The second kappa shape index (κ2) is 8.19. The van der Waals surface area contributed by atoms with Crippen molar-refractivity contribution >= 4 is 40.7 Å². The molecule has 0 bridgehead atoms. The molecule has 0 aliphatic carbocycles. The maximum atomic E-state index is 11.5. The molecular formula is C15H22ClN3O2S. The first-order valence-electron chi connectivity index (χ1n) is 6.96. The van der Waals surface area contributed by atoms with Gasteiger partial charge in [-0.3, -0.25) is 0 Å². The van der Waals surface area contributed by atoms with Crippen LogP contribution in [-0.2, 0) is 4.74 Å². The topological polar surface area (TPSA) is 62.4 Å². The number of benzene rings is 1. The monoisotopic (exact) mass is 343 g/mol. The zero-order valence-corrected chi connectivity index (χ0v) is 14.8. The maximum Gasteiger partial charge on any atom is 0.407 e. The molecule has 122 valence electrons. The Hall–Kier alpha value is -1.53.